The number of rotatable bonds is 1. The summed E-state index contributed by atoms with van der Waals surface area (Å²) in [5, 5.41) is 9.49. The Morgan fingerprint density at radius 3 is 2.90 bits per heavy atom. The lowest BCUT2D eigenvalue weighted by atomic mass is 9.98. The zero-order valence-corrected chi connectivity index (χ0v) is 6.45. The molecule has 1 aliphatic rings. The fraction of sp³-hybridized carbons (Fsp3) is 0.750. The molecule has 1 saturated heterocycles. The highest BCUT2D eigenvalue weighted by Crippen LogP contribution is 2.20. The number of aliphatic hydroxyl groups excluding tert-OH is 1. The molecule has 0 amide bonds. The number of nitrogens with zero attached hydrogens (tertiary/aromatic N) is 1. The molecule has 0 aliphatic carbocycles. The van der Waals surface area contributed by atoms with E-state index in [1.54, 1.807) is 6.20 Å². The van der Waals surface area contributed by atoms with Crippen LogP contribution in [-0.4, -0.2) is 22.8 Å². The molecular formula is C8H15NO. The standard InChI is InChI=1S/C8H15NO/c1-3-9-6-4-5-7(2)8(9)10/h3,7-8,10H,1,4-6H2,2H3/t7-,8?/m1/s1. The quantitative estimate of drug-likeness (QED) is 0.592. The molecule has 0 radical (unpaired) electrons. The van der Waals surface area contributed by atoms with Gasteiger partial charge in [0.25, 0.3) is 0 Å². The Bertz CT molecular complexity index is 124. The number of hydrogen-bond donors (Lipinski definition) is 1. The minimum Gasteiger partial charge on any atom is -0.373 e. The third-order valence-corrected chi connectivity index (χ3v) is 2.16. The van der Waals surface area contributed by atoms with E-state index in [1.807, 2.05) is 4.90 Å². The largest absolute Gasteiger partial charge is 0.373 e. The highest BCUT2D eigenvalue weighted by Gasteiger charge is 2.23. The monoisotopic (exact) mass is 141 g/mol. The molecule has 58 valence electrons. The van der Waals surface area contributed by atoms with Crippen LogP contribution in [-0.2, 0) is 0 Å². The van der Waals surface area contributed by atoms with Gasteiger partial charge in [-0.25, -0.2) is 0 Å². The van der Waals surface area contributed by atoms with Crippen molar-refractivity contribution < 1.29 is 5.11 Å². The second-order valence-corrected chi connectivity index (χ2v) is 2.95. The molecule has 0 spiro atoms. The number of hydrogen-bond acceptors (Lipinski definition) is 2. The predicted octanol–water partition coefficient (Wildman–Crippen LogP) is 1.18. The SMILES string of the molecule is C=CN1CCC[C@@H](C)C1O. The summed E-state index contributed by atoms with van der Waals surface area (Å²) in [5.41, 5.74) is 0. The van der Waals surface area contributed by atoms with E-state index in [0.29, 0.717) is 5.92 Å². The summed E-state index contributed by atoms with van der Waals surface area (Å²) in [6.07, 6.45) is 3.72. The van der Waals surface area contributed by atoms with Gasteiger partial charge >= 0.3 is 0 Å². The first kappa shape index (κ1) is 7.61. The molecule has 2 heteroatoms. The van der Waals surface area contributed by atoms with Crippen molar-refractivity contribution in [2.45, 2.75) is 26.0 Å². The Kier molecular flexibility index (Phi) is 2.33. The maximum absolute atomic E-state index is 9.49. The van der Waals surface area contributed by atoms with Crippen LogP contribution >= 0.6 is 0 Å². The van der Waals surface area contributed by atoms with Crippen LogP contribution in [0.3, 0.4) is 0 Å². The summed E-state index contributed by atoms with van der Waals surface area (Å²) in [5.74, 6) is 0.395. The van der Waals surface area contributed by atoms with Gasteiger partial charge in [-0.3, -0.25) is 0 Å². The fourth-order valence-corrected chi connectivity index (χ4v) is 1.40. The summed E-state index contributed by atoms with van der Waals surface area (Å²) in [6.45, 7) is 6.66. The van der Waals surface area contributed by atoms with Crippen LogP contribution in [0.2, 0.25) is 0 Å². The van der Waals surface area contributed by atoms with Gasteiger partial charge in [0.2, 0.25) is 0 Å². The highest BCUT2D eigenvalue weighted by atomic mass is 16.3. The first-order chi connectivity index (χ1) is 4.75. The first-order valence-corrected chi connectivity index (χ1v) is 3.82. The third-order valence-electron chi connectivity index (χ3n) is 2.16. The van der Waals surface area contributed by atoms with Gasteiger partial charge in [-0.15, -0.1) is 0 Å². The normalized spacial score (nSPS) is 34.0. The molecule has 0 aromatic carbocycles. The Labute approximate surface area is 62.2 Å². The smallest absolute Gasteiger partial charge is 0.129 e. The minimum atomic E-state index is -0.300. The molecule has 0 saturated carbocycles. The predicted molar refractivity (Wildman–Crippen MR) is 41.3 cm³/mol. The molecule has 1 aliphatic heterocycles. The third kappa shape index (κ3) is 1.32. The summed E-state index contributed by atoms with van der Waals surface area (Å²) in [7, 11) is 0. The van der Waals surface area contributed by atoms with Gasteiger partial charge in [0.15, 0.2) is 0 Å². The van der Waals surface area contributed by atoms with Crippen molar-refractivity contribution >= 4 is 0 Å². The van der Waals surface area contributed by atoms with E-state index in [0.717, 1.165) is 13.0 Å². The zero-order valence-electron chi connectivity index (χ0n) is 6.45. The molecule has 0 aromatic heterocycles. The lowest BCUT2D eigenvalue weighted by molar-refractivity contribution is -0.0311. The highest BCUT2D eigenvalue weighted by molar-refractivity contribution is 4.80. The van der Waals surface area contributed by atoms with Crippen molar-refractivity contribution in [1.82, 2.24) is 4.90 Å². The number of piperidine rings is 1. The van der Waals surface area contributed by atoms with Crippen LogP contribution < -0.4 is 0 Å². The molecule has 2 atom stereocenters. The molecule has 1 fully saturated rings. The Balaban J connectivity index is 2.50. The van der Waals surface area contributed by atoms with E-state index in [1.165, 1.54) is 6.42 Å². The Morgan fingerprint density at radius 2 is 2.40 bits per heavy atom. The summed E-state index contributed by atoms with van der Waals surface area (Å²) < 4.78 is 0. The van der Waals surface area contributed by atoms with Gasteiger partial charge in [-0.1, -0.05) is 13.5 Å². The fourth-order valence-electron chi connectivity index (χ4n) is 1.40. The molecular weight excluding hydrogens is 126 g/mol. The topological polar surface area (TPSA) is 23.5 Å². The van der Waals surface area contributed by atoms with Crippen molar-refractivity contribution in [1.29, 1.82) is 0 Å². The number of aliphatic hydroxyl groups is 1. The Hall–Kier alpha value is -0.500. The molecule has 1 unspecified atom stereocenters. The van der Waals surface area contributed by atoms with E-state index in [4.69, 9.17) is 0 Å². The molecule has 1 heterocycles. The second-order valence-electron chi connectivity index (χ2n) is 2.95. The molecule has 0 aromatic rings. The zero-order chi connectivity index (χ0) is 7.56. The number of likely N-dealkylation sites (tertiary alicyclic amines) is 1. The summed E-state index contributed by atoms with van der Waals surface area (Å²) >= 11 is 0. The average molecular weight is 141 g/mol. The van der Waals surface area contributed by atoms with Gasteiger partial charge < -0.3 is 10.0 Å². The lowest BCUT2D eigenvalue weighted by Gasteiger charge is -2.35. The minimum absolute atomic E-state index is 0.300. The maximum Gasteiger partial charge on any atom is 0.129 e. The van der Waals surface area contributed by atoms with Crippen molar-refractivity contribution in [3.63, 3.8) is 0 Å². The Morgan fingerprint density at radius 1 is 1.70 bits per heavy atom. The van der Waals surface area contributed by atoms with E-state index in [-0.39, 0.29) is 6.23 Å². The summed E-state index contributed by atoms with van der Waals surface area (Å²) in [4.78, 5) is 1.90. The van der Waals surface area contributed by atoms with E-state index in [9.17, 15) is 5.11 Å². The van der Waals surface area contributed by atoms with Crippen molar-refractivity contribution in [3.8, 4) is 0 Å². The molecule has 1 N–H and O–H groups in total. The van der Waals surface area contributed by atoms with E-state index < -0.39 is 0 Å². The van der Waals surface area contributed by atoms with Crippen molar-refractivity contribution in [2.75, 3.05) is 6.54 Å². The molecule has 0 bridgehead atoms. The van der Waals surface area contributed by atoms with Crippen LogP contribution in [0.15, 0.2) is 12.8 Å². The molecule has 1 rings (SSSR count). The van der Waals surface area contributed by atoms with Gasteiger partial charge in [-0.05, 0) is 19.0 Å². The van der Waals surface area contributed by atoms with Crippen molar-refractivity contribution in [3.05, 3.63) is 12.8 Å². The second kappa shape index (κ2) is 3.06. The lowest BCUT2D eigenvalue weighted by Crippen LogP contribution is -2.40. The van der Waals surface area contributed by atoms with E-state index in [2.05, 4.69) is 13.5 Å². The van der Waals surface area contributed by atoms with Crippen LogP contribution in [0, 0.1) is 5.92 Å². The summed E-state index contributed by atoms with van der Waals surface area (Å²) in [6, 6.07) is 0. The maximum atomic E-state index is 9.49. The van der Waals surface area contributed by atoms with E-state index >= 15 is 0 Å². The van der Waals surface area contributed by atoms with Gasteiger partial charge in [-0.2, -0.15) is 0 Å². The van der Waals surface area contributed by atoms with Gasteiger partial charge in [0.1, 0.15) is 6.23 Å². The van der Waals surface area contributed by atoms with Crippen LogP contribution in [0.5, 0.6) is 0 Å². The first-order valence-electron chi connectivity index (χ1n) is 3.82. The van der Waals surface area contributed by atoms with Crippen LogP contribution in [0.1, 0.15) is 19.8 Å². The van der Waals surface area contributed by atoms with Crippen LogP contribution in [0.25, 0.3) is 0 Å². The van der Waals surface area contributed by atoms with Gasteiger partial charge in [0.05, 0.1) is 0 Å². The molecule has 2 nitrogen and oxygen atoms in total. The van der Waals surface area contributed by atoms with Crippen molar-refractivity contribution in [2.24, 2.45) is 5.92 Å². The van der Waals surface area contributed by atoms with Crippen LogP contribution in [0.4, 0.5) is 0 Å². The van der Waals surface area contributed by atoms with Gasteiger partial charge in [0, 0.05) is 12.5 Å². The average Bonchev–Trinajstić information content (AvgIpc) is 1.95. The molecule has 10 heavy (non-hydrogen) atoms.